The first-order valence-corrected chi connectivity index (χ1v) is 8.68. The fourth-order valence-corrected chi connectivity index (χ4v) is 3.90. The molecular weight excluding hydrogens is 330 g/mol. The summed E-state index contributed by atoms with van der Waals surface area (Å²) in [5.74, 6) is 0.912. The summed E-state index contributed by atoms with van der Waals surface area (Å²) in [6.45, 7) is -2.77. The zero-order valence-electron chi connectivity index (χ0n) is 14.3. The van der Waals surface area contributed by atoms with Crippen LogP contribution < -0.4 is 20.1 Å². The minimum atomic E-state index is -2.91. The Labute approximate surface area is 146 Å². The number of carbonyl (C=O) groups excluding carboxylic acids is 1. The van der Waals surface area contributed by atoms with Crippen molar-refractivity contribution >= 4 is 5.91 Å². The highest BCUT2D eigenvalue weighted by Gasteiger charge is 2.34. The van der Waals surface area contributed by atoms with Crippen LogP contribution in [0.25, 0.3) is 0 Å². The molecule has 2 aliphatic heterocycles. The molecule has 2 atom stereocenters. The molecule has 5 nitrogen and oxygen atoms in total. The predicted octanol–water partition coefficient (Wildman–Crippen LogP) is 2.83. The van der Waals surface area contributed by atoms with E-state index in [0.29, 0.717) is 35.7 Å². The van der Waals surface area contributed by atoms with Gasteiger partial charge in [-0.15, -0.1) is 0 Å². The van der Waals surface area contributed by atoms with E-state index in [9.17, 15) is 13.6 Å². The third-order valence-corrected chi connectivity index (χ3v) is 5.00. The Balaban J connectivity index is 1.55. The summed E-state index contributed by atoms with van der Waals surface area (Å²) in [7, 11) is 1.50. The van der Waals surface area contributed by atoms with Crippen LogP contribution in [0.15, 0.2) is 18.2 Å². The van der Waals surface area contributed by atoms with Gasteiger partial charge in [-0.25, -0.2) is 0 Å². The van der Waals surface area contributed by atoms with Gasteiger partial charge in [0.1, 0.15) is 11.5 Å². The fourth-order valence-electron chi connectivity index (χ4n) is 3.90. The highest BCUT2D eigenvalue weighted by Crippen LogP contribution is 2.32. The lowest BCUT2D eigenvalue weighted by Crippen LogP contribution is -2.39. The molecule has 1 aromatic rings. The lowest BCUT2D eigenvalue weighted by molar-refractivity contribution is -0.122. The van der Waals surface area contributed by atoms with E-state index < -0.39 is 6.61 Å². The summed E-state index contributed by atoms with van der Waals surface area (Å²) in [5, 5.41) is 6.38. The standard InChI is InChI=1S/C18H24F2N2O3/c1-24-15-4-5-16(25-18(19)20)12(9-15)10-21-17(23)8-11-6-13-2-3-14(7-11)22-13/h4-5,9,11,13-14,18,22H,2-3,6-8,10H2,1H3,(H,21,23). The third-order valence-electron chi connectivity index (χ3n) is 5.00. The molecule has 0 aliphatic carbocycles. The van der Waals surface area contributed by atoms with E-state index in [4.69, 9.17) is 4.74 Å². The van der Waals surface area contributed by atoms with Crippen molar-refractivity contribution in [3.05, 3.63) is 23.8 Å². The average molecular weight is 354 g/mol. The molecule has 1 aromatic carbocycles. The Morgan fingerprint density at radius 3 is 2.68 bits per heavy atom. The molecule has 25 heavy (non-hydrogen) atoms. The maximum atomic E-state index is 12.5. The van der Waals surface area contributed by atoms with E-state index in [1.54, 1.807) is 12.1 Å². The van der Waals surface area contributed by atoms with E-state index in [1.807, 2.05) is 0 Å². The SMILES string of the molecule is COc1ccc(OC(F)F)c(CNC(=O)CC2CC3CCC(C2)N3)c1. The molecule has 0 spiro atoms. The van der Waals surface area contributed by atoms with Crippen molar-refractivity contribution < 1.29 is 23.0 Å². The van der Waals surface area contributed by atoms with Gasteiger partial charge in [0.2, 0.25) is 5.91 Å². The van der Waals surface area contributed by atoms with Crippen LogP contribution in [-0.2, 0) is 11.3 Å². The van der Waals surface area contributed by atoms with Crippen LogP contribution in [0.2, 0.25) is 0 Å². The summed E-state index contributed by atoms with van der Waals surface area (Å²) < 4.78 is 34.7. The average Bonchev–Trinajstić information content (AvgIpc) is 2.92. The Bertz CT molecular complexity index is 600. The first kappa shape index (κ1) is 17.9. The molecule has 0 aromatic heterocycles. The van der Waals surface area contributed by atoms with Gasteiger partial charge >= 0.3 is 6.61 Å². The lowest BCUT2D eigenvalue weighted by atomic mass is 9.89. The molecule has 1 amide bonds. The number of hydrogen-bond donors (Lipinski definition) is 2. The molecule has 0 saturated carbocycles. The summed E-state index contributed by atoms with van der Waals surface area (Å²) in [6.07, 6.45) is 4.93. The second-order valence-electron chi connectivity index (χ2n) is 6.81. The summed E-state index contributed by atoms with van der Waals surface area (Å²) >= 11 is 0. The molecule has 2 saturated heterocycles. The first-order valence-electron chi connectivity index (χ1n) is 8.68. The quantitative estimate of drug-likeness (QED) is 0.791. The van der Waals surface area contributed by atoms with Gasteiger partial charge in [-0.05, 0) is 49.8 Å². The van der Waals surface area contributed by atoms with Crippen molar-refractivity contribution in [2.45, 2.75) is 57.3 Å². The van der Waals surface area contributed by atoms with Crippen molar-refractivity contribution in [3.8, 4) is 11.5 Å². The Kier molecular flexibility index (Phi) is 5.73. The zero-order valence-corrected chi connectivity index (χ0v) is 14.3. The van der Waals surface area contributed by atoms with Crippen LogP contribution in [0.4, 0.5) is 8.78 Å². The highest BCUT2D eigenvalue weighted by molar-refractivity contribution is 5.76. The molecule has 2 fully saturated rings. The maximum absolute atomic E-state index is 12.5. The number of ether oxygens (including phenoxy) is 2. The molecule has 2 aliphatic rings. The van der Waals surface area contributed by atoms with Crippen molar-refractivity contribution in [2.75, 3.05) is 7.11 Å². The molecule has 138 valence electrons. The fraction of sp³-hybridized carbons (Fsp3) is 0.611. The van der Waals surface area contributed by atoms with Crippen LogP contribution in [0.5, 0.6) is 11.5 Å². The number of carbonyl (C=O) groups is 1. The molecule has 3 rings (SSSR count). The van der Waals surface area contributed by atoms with Gasteiger partial charge in [0.15, 0.2) is 0 Å². The van der Waals surface area contributed by atoms with E-state index >= 15 is 0 Å². The number of piperidine rings is 1. The van der Waals surface area contributed by atoms with Gasteiger partial charge in [-0.2, -0.15) is 8.78 Å². The minimum Gasteiger partial charge on any atom is -0.497 e. The Morgan fingerprint density at radius 1 is 1.32 bits per heavy atom. The molecule has 2 unspecified atom stereocenters. The van der Waals surface area contributed by atoms with Crippen LogP contribution in [-0.4, -0.2) is 31.7 Å². The van der Waals surface area contributed by atoms with E-state index in [1.165, 1.54) is 26.0 Å². The number of benzene rings is 1. The van der Waals surface area contributed by atoms with Crippen molar-refractivity contribution in [3.63, 3.8) is 0 Å². The first-order chi connectivity index (χ1) is 12.0. The monoisotopic (exact) mass is 354 g/mol. The molecule has 0 radical (unpaired) electrons. The number of methoxy groups -OCH3 is 1. The second-order valence-corrected chi connectivity index (χ2v) is 6.81. The van der Waals surface area contributed by atoms with Crippen LogP contribution in [0.1, 0.15) is 37.7 Å². The van der Waals surface area contributed by atoms with Crippen LogP contribution in [0.3, 0.4) is 0 Å². The number of nitrogens with one attached hydrogen (secondary N) is 2. The van der Waals surface area contributed by atoms with Gasteiger partial charge in [-0.3, -0.25) is 4.79 Å². The van der Waals surface area contributed by atoms with Gasteiger partial charge in [0, 0.05) is 30.6 Å². The number of amides is 1. The number of rotatable bonds is 7. The van der Waals surface area contributed by atoms with E-state index in [2.05, 4.69) is 15.4 Å². The summed E-state index contributed by atoms with van der Waals surface area (Å²) in [4.78, 5) is 12.3. The topological polar surface area (TPSA) is 59.6 Å². The minimum absolute atomic E-state index is 0.0519. The predicted molar refractivity (Wildman–Crippen MR) is 88.8 cm³/mol. The smallest absolute Gasteiger partial charge is 0.387 e. The zero-order chi connectivity index (χ0) is 17.8. The Hall–Kier alpha value is -1.89. The third kappa shape index (κ3) is 4.81. The highest BCUT2D eigenvalue weighted by atomic mass is 19.3. The van der Waals surface area contributed by atoms with E-state index in [0.717, 1.165) is 12.8 Å². The molecule has 2 heterocycles. The van der Waals surface area contributed by atoms with Gasteiger partial charge < -0.3 is 20.1 Å². The van der Waals surface area contributed by atoms with Crippen molar-refractivity contribution in [2.24, 2.45) is 5.92 Å². The molecule has 2 bridgehead atoms. The van der Waals surface area contributed by atoms with Gasteiger partial charge in [-0.1, -0.05) is 0 Å². The normalized spacial score (nSPS) is 25.0. The van der Waals surface area contributed by atoms with E-state index in [-0.39, 0.29) is 18.2 Å². The molecular formula is C18H24F2N2O3. The Morgan fingerprint density at radius 2 is 2.04 bits per heavy atom. The van der Waals surface area contributed by atoms with Crippen molar-refractivity contribution in [1.82, 2.24) is 10.6 Å². The molecule has 2 N–H and O–H groups in total. The molecule has 7 heteroatoms. The lowest BCUT2D eigenvalue weighted by Gasteiger charge is -2.28. The number of hydrogen-bond acceptors (Lipinski definition) is 4. The van der Waals surface area contributed by atoms with Crippen LogP contribution in [0, 0.1) is 5.92 Å². The summed E-state index contributed by atoms with van der Waals surface area (Å²) in [6, 6.07) is 5.66. The summed E-state index contributed by atoms with van der Waals surface area (Å²) in [5.41, 5.74) is 0.471. The largest absolute Gasteiger partial charge is 0.497 e. The van der Waals surface area contributed by atoms with Gasteiger partial charge in [0.05, 0.1) is 7.11 Å². The number of fused-ring (bicyclic) bond motifs is 2. The second kappa shape index (κ2) is 7.99. The number of halogens is 2. The van der Waals surface area contributed by atoms with Crippen molar-refractivity contribution in [1.29, 1.82) is 0 Å². The maximum Gasteiger partial charge on any atom is 0.387 e. The van der Waals surface area contributed by atoms with Crippen LogP contribution >= 0.6 is 0 Å². The van der Waals surface area contributed by atoms with Gasteiger partial charge in [0.25, 0.3) is 0 Å². The number of alkyl halides is 2.